The van der Waals surface area contributed by atoms with Crippen LogP contribution in [0.1, 0.15) is 12.0 Å². The number of hydrogen-bond acceptors (Lipinski definition) is 4. The molecule has 0 radical (unpaired) electrons. The minimum absolute atomic E-state index is 0.0874. The fourth-order valence-electron chi connectivity index (χ4n) is 1.74. The van der Waals surface area contributed by atoms with E-state index in [4.69, 9.17) is 5.73 Å². The third kappa shape index (κ3) is 6.09. The molecular weight excluding hydrogens is 260 g/mol. The maximum atomic E-state index is 11.9. The average Bonchev–Trinajstić information content (AvgIpc) is 2.44. The van der Waals surface area contributed by atoms with Crippen molar-refractivity contribution in [1.29, 1.82) is 0 Å². The zero-order valence-electron chi connectivity index (χ0n) is 11.2. The summed E-state index contributed by atoms with van der Waals surface area (Å²) in [6.45, 7) is -0.0874. The van der Waals surface area contributed by atoms with Gasteiger partial charge in [-0.2, -0.15) is 11.8 Å². The Morgan fingerprint density at radius 2 is 2.11 bits per heavy atom. The van der Waals surface area contributed by atoms with Crippen LogP contribution < -0.4 is 11.1 Å². The number of nitrogens with one attached hydrogen (secondary N) is 1. The van der Waals surface area contributed by atoms with E-state index in [1.165, 1.54) is 0 Å². The van der Waals surface area contributed by atoms with Crippen LogP contribution in [0.15, 0.2) is 30.3 Å². The highest BCUT2D eigenvalue weighted by atomic mass is 32.2. The van der Waals surface area contributed by atoms with Crippen LogP contribution in [-0.4, -0.2) is 41.7 Å². The van der Waals surface area contributed by atoms with E-state index in [2.05, 4.69) is 5.32 Å². The third-order valence-electron chi connectivity index (χ3n) is 2.86. The predicted octanol–water partition coefficient (Wildman–Crippen LogP) is 0.787. The van der Waals surface area contributed by atoms with Gasteiger partial charge in [-0.05, 0) is 30.4 Å². The molecule has 5 heteroatoms. The molecule has 0 aromatic heterocycles. The minimum atomic E-state index is -0.503. The molecule has 106 valence electrons. The van der Waals surface area contributed by atoms with E-state index in [1.807, 2.05) is 36.6 Å². The van der Waals surface area contributed by atoms with Gasteiger partial charge >= 0.3 is 0 Å². The normalized spacial score (nSPS) is 13.8. The Hall–Kier alpha value is -1.04. The van der Waals surface area contributed by atoms with Gasteiger partial charge in [0.15, 0.2) is 0 Å². The van der Waals surface area contributed by atoms with Gasteiger partial charge in [-0.25, -0.2) is 0 Å². The number of amides is 1. The van der Waals surface area contributed by atoms with Gasteiger partial charge in [0.2, 0.25) is 5.91 Å². The van der Waals surface area contributed by atoms with Crippen molar-refractivity contribution in [2.24, 2.45) is 5.73 Å². The summed E-state index contributed by atoms with van der Waals surface area (Å²) in [4.78, 5) is 11.9. The largest absolute Gasteiger partial charge is 0.394 e. The molecule has 2 atom stereocenters. The number of aliphatic hydroxyl groups is 1. The first kappa shape index (κ1) is 16.0. The van der Waals surface area contributed by atoms with Gasteiger partial charge in [0.05, 0.1) is 18.7 Å². The number of nitrogens with two attached hydrogens (primary N) is 1. The average molecular weight is 282 g/mol. The number of thioether (sulfide) groups is 1. The Kier molecular flexibility index (Phi) is 7.55. The zero-order chi connectivity index (χ0) is 14.1. The Morgan fingerprint density at radius 1 is 1.42 bits per heavy atom. The molecule has 0 bridgehead atoms. The topological polar surface area (TPSA) is 75.4 Å². The maximum absolute atomic E-state index is 11.9. The second-order valence-corrected chi connectivity index (χ2v) is 5.45. The number of carbonyl (C=O) groups excluding carboxylic acids is 1. The van der Waals surface area contributed by atoms with Crippen molar-refractivity contribution in [3.8, 4) is 0 Å². The first-order chi connectivity index (χ1) is 9.17. The van der Waals surface area contributed by atoms with E-state index < -0.39 is 6.04 Å². The maximum Gasteiger partial charge on any atom is 0.237 e. The molecule has 19 heavy (non-hydrogen) atoms. The van der Waals surface area contributed by atoms with Crippen molar-refractivity contribution in [3.63, 3.8) is 0 Å². The number of hydrogen-bond donors (Lipinski definition) is 3. The lowest BCUT2D eigenvalue weighted by molar-refractivity contribution is -0.123. The number of benzene rings is 1. The lowest BCUT2D eigenvalue weighted by Crippen LogP contribution is -2.47. The van der Waals surface area contributed by atoms with Gasteiger partial charge in [0.25, 0.3) is 0 Å². The molecule has 0 aliphatic carbocycles. The molecule has 0 heterocycles. The lowest BCUT2D eigenvalue weighted by atomic mass is 10.1. The monoisotopic (exact) mass is 282 g/mol. The molecule has 1 aromatic rings. The van der Waals surface area contributed by atoms with Crippen LogP contribution >= 0.6 is 11.8 Å². The molecule has 1 amide bonds. The molecule has 0 aliphatic rings. The van der Waals surface area contributed by atoms with Crippen LogP contribution in [0.25, 0.3) is 0 Å². The Balaban J connectivity index is 2.45. The van der Waals surface area contributed by atoms with Gasteiger partial charge in [0, 0.05) is 0 Å². The molecule has 4 nitrogen and oxygen atoms in total. The summed E-state index contributed by atoms with van der Waals surface area (Å²) in [6.07, 6.45) is 3.24. The van der Waals surface area contributed by atoms with Gasteiger partial charge in [-0.1, -0.05) is 30.3 Å². The number of rotatable bonds is 8. The zero-order valence-corrected chi connectivity index (χ0v) is 12.0. The summed E-state index contributed by atoms with van der Waals surface area (Å²) in [5.41, 5.74) is 6.88. The molecule has 0 spiro atoms. The van der Waals surface area contributed by atoms with E-state index in [0.717, 1.165) is 11.3 Å². The lowest BCUT2D eigenvalue weighted by Gasteiger charge is -2.19. The van der Waals surface area contributed by atoms with Crippen LogP contribution in [-0.2, 0) is 11.2 Å². The summed E-state index contributed by atoms with van der Waals surface area (Å²) in [5.74, 6) is 0.667. The molecular formula is C14H22N2O2S. The Labute approximate surface area is 118 Å². The molecule has 1 aromatic carbocycles. The van der Waals surface area contributed by atoms with Crippen molar-refractivity contribution in [2.45, 2.75) is 24.9 Å². The molecule has 0 unspecified atom stereocenters. The SMILES string of the molecule is CSCC[C@@H](N)C(=O)N[C@H](CO)Cc1ccccc1. The van der Waals surface area contributed by atoms with E-state index in [1.54, 1.807) is 11.8 Å². The second kappa shape index (κ2) is 8.96. The van der Waals surface area contributed by atoms with Gasteiger partial charge in [0.1, 0.15) is 0 Å². The molecule has 4 N–H and O–H groups in total. The van der Waals surface area contributed by atoms with Gasteiger partial charge < -0.3 is 16.2 Å². The van der Waals surface area contributed by atoms with Crippen LogP contribution in [0.4, 0.5) is 0 Å². The van der Waals surface area contributed by atoms with Crippen LogP contribution in [0.5, 0.6) is 0 Å². The minimum Gasteiger partial charge on any atom is -0.394 e. The standard InChI is InChI=1S/C14H22N2O2S/c1-19-8-7-13(15)14(18)16-12(10-17)9-11-5-3-2-4-6-11/h2-6,12-13,17H,7-10,15H2,1H3,(H,16,18)/t12-,13+/m0/s1. The van der Waals surface area contributed by atoms with Crippen LogP contribution in [0.3, 0.4) is 0 Å². The van der Waals surface area contributed by atoms with Gasteiger partial charge in [-0.15, -0.1) is 0 Å². The Morgan fingerprint density at radius 3 is 2.68 bits per heavy atom. The second-order valence-electron chi connectivity index (χ2n) is 4.47. The summed E-state index contributed by atoms with van der Waals surface area (Å²) in [6, 6.07) is 8.98. The van der Waals surface area contributed by atoms with Crippen LogP contribution in [0, 0.1) is 0 Å². The first-order valence-electron chi connectivity index (χ1n) is 6.37. The fraction of sp³-hybridized carbons (Fsp3) is 0.500. The quantitative estimate of drug-likeness (QED) is 0.659. The highest BCUT2D eigenvalue weighted by molar-refractivity contribution is 7.98. The van der Waals surface area contributed by atoms with Crippen molar-refractivity contribution in [2.75, 3.05) is 18.6 Å². The van der Waals surface area contributed by atoms with E-state index >= 15 is 0 Å². The van der Waals surface area contributed by atoms with Gasteiger partial charge in [-0.3, -0.25) is 4.79 Å². The van der Waals surface area contributed by atoms with Crippen molar-refractivity contribution >= 4 is 17.7 Å². The van der Waals surface area contributed by atoms with E-state index in [-0.39, 0.29) is 18.6 Å². The summed E-state index contributed by atoms with van der Waals surface area (Å²) < 4.78 is 0. The molecule has 0 saturated heterocycles. The summed E-state index contributed by atoms with van der Waals surface area (Å²) in [7, 11) is 0. The van der Waals surface area contributed by atoms with Crippen molar-refractivity contribution < 1.29 is 9.90 Å². The fourth-order valence-corrected chi connectivity index (χ4v) is 2.23. The molecule has 0 aliphatic heterocycles. The smallest absolute Gasteiger partial charge is 0.237 e. The summed E-state index contributed by atoms with van der Waals surface area (Å²) >= 11 is 1.67. The van der Waals surface area contributed by atoms with E-state index in [0.29, 0.717) is 12.8 Å². The summed E-state index contributed by atoms with van der Waals surface area (Å²) in [5, 5.41) is 12.1. The highest BCUT2D eigenvalue weighted by Crippen LogP contribution is 2.04. The molecule has 1 rings (SSSR count). The van der Waals surface area contributed by atoms with Crippen LogP contribution in [0.2, 0.25) is 0 Å². The predicted molar refractivity (Wildman–Crippen MR) is 80.1 cm³/mol. The van der Waals surface area contributed by atoms with Crippen molar-refractivity contribution in [3.05, 3.63) is 35.9 Å². The van der Waals surface area contributed by atoms with E-state index in [9.17, 15) is 9.90 Å². The highest BCUT2D eigenvalue weighted by Gasteiger charge is 2.17. The third-order valence-corrected chi connectivity index (χ3v) is 3.51. The first-order valence-corrected chi connectivity index (χ1v) is 7.76. The number of aliphatic hydroxyl groups excluding tert-OH is 1. The Bertz CT molecular complexity index is 373. The molecule has 0 saturated carbocycles. The molecule has 0 fully saturated rings. The van der Waals surface area contributed by atoms with Crippen molar-refractivity contribution in [1.82, 2.24) is 5.32 Å². The number of carbonyl (C=O) groups is 1.